The average molecular weight is 332 g/mol. The molecule has 0 aliphatic rings. The number of nitrogens with zero attached hydrogens (tertiary/aromatic N) is 1. The number of methoxy groups -OCH3 is 1. The van der Waals surface area contributed by atoms with Crippen LogP contribution in [0.5, 0.6) is 5.75 Å². The molecule has 124 valence electrons. The maximum atomic E-state index is 11.7. The van der Waals surface area contributed by atoms with Crippen LogP contribution in [0.25, 0.3) is 33.2 Å². The van der Waals surface area contributed by atoms with Crippen LogP contribution in [-0.2, 0) is 0 Å². The molecule has 0 bridgehead atoms. The summed E-state index contributed by atoms with van der Waals surface area (Å²) in [5, 5.41) is 2.14. The predicted octanol–water partition coefficient (Wildman–Crippen LogP) is 3.00. The van der Waals surface area contributed by atoms with Crippen molar-refractivity contribution in [2.24, 2.45) is 5.84 Å². The third-order valence-electron chi connectivity index (χ3n) is 4.22. The SMILES string of the molecule is COc1ccc2ccccc2c1-c1nc2ccc(C(=O)NN)cc2[nH]1. The van der Waals surface area contributed by atoms with Gasteiger partial charge in [0.05, 0.1) is 23.7 Å². The van der Waals surface area contributed by atoms with Crippen molar-refractivity contribution in [1.29, 1.82) is 0 Å². The molecule has 0 saturated heterocycles. The number of carbonyl (C=O) groups excluding carboxylic acids is 1. The highest BCUT2D eigenvalue weighted by atomic mass is 16.5. The smallest absolute Gasteiger partial charge is 0.265 e. The highest BCUT2D eigenvalue weighted by Gasteiger charge is 2.15. The number of fused-ring (bicyclic) bond motifs is 2. The van der Waals surface area contributed by atoms with Gasteiger partial charge in [0, 0.05) is 5.56 Å². The van der Waals surface area contributed by atoms with E-state index in [4.69, 9.17) is 10.6 Å². The first-order valence-corrected chi connectivity index (χ1v) is 7.78. The summed E-state index contributed by atoms with van der Waals surface area (Å²) in [7, 11) is 1.64. The van der Waals surface area contributed by atoms with Gasteiger partial charge in [0.25, 0.3) is 5.91 Å². The highest BCUT2D eigenvalue weighted by Crippen LogP contribution is 2.36. The topological polar surface area (TPSA) is 93.0 Å². The number of benzene rings is 3. The lowest BCUT2D eigenvalue weighted by Gasteiger charge is -2.09. The standard InChI is InChI=1S/C19H16N4O2/c1-25-16-9-7-11-4-2-3-5-13(11)17(16)18-21-14-8-6-12(19(24)23-20)10-15(14)22-18/h2-10H,20H2,1H3,(H,21,22)(H,23,24). The van der Waals surface area contributed by atoms with Crippen LogP contribution < -0.4 is 16.0 Å². The number of hydrazine groups is 1. The van der Waals surface area contributed by atoms with Gasteiger partial charge in [-0.15, -0.1) is 0 Å². The first-order valence-electron chi connectivity index (χ1n) is 7.78. The zero-order valence-electron chi connectivity index (χ0n) is 13.5. The van der Waals surface area contributed by atoms with Crippen LogP contribution in [0.15, 0.2) is 54.6 Å². The normalized spacial score (nSPS) is 11.0. The number of nitrogens with two attached hydrogens (primary N) is 1. The number of nitrogen functional groups attached to an aromatic ring is 1. The van der Waals surface area contributed by atoms with E-state index in [1.165, 1.54) is 0 Å². The second kappa shape index (κ2) is 5.92. The first-order chi connectivity index (χ1) is 12.2. The number of aromatic amines is 1. The Kier molecular flexibility index (Phi) is 3.59. The van der Waals surface area contributed by atoms with Gasteiger partial charge in [0.15, 0.2) is 0 Å². The van der Waals surface area contributed by atoms with Crippen LogP contribution in [0.4, 0.5) is 0 Å². The van der Waals surface area contributed by atoms with Crippen molar-refractivity contribution in [3.63, 3.8) is 0 Å². The largest absolute Gasteiger partial charge is 0.496 e. The molecule has 3 aromatic carbocycles. The molecule has 0 unspecified atom stereocenters. The van der Waals surface area contributed by atoms with Crippen molar-refractivity contribution >= 4 is 27.7 Å². The summed E-state index contributed by atoms with van der Waals surface area (Å²) in [6.07, 6.45) is 0. The van der Waals surface area contributed by atoms with Crippen molar-refractivity contribution in [3.05, 3.63) is 60.2 Å². The molecule has 4 N–H and O–H groups in total. The van der Waals surface area contributed by atoms with Crippen LogP contribution in [0.1, 0.15) is 10.4 Å². The molecule has 0 saturated carbocycles. The number of carbonyl (C=O) groups is 1. The fourth-order valence-electron chi connectivity index (χ4n) is 3.02. The van der Waals surface area contributed by atoms with E-state index in [0.717, 1.165) is 33.1 Å². The minimum atomic E-state index is -0.346. The number of ether oxygens (including phenoxy) is 1. The Labute approximate surface area is 143 Å². The van der Waals surface area contributed by atoms with Gasteiger partial charge < -0.3 is 9.72 Å². The second-order valence-electron chi connectivity index (χ2n) is 5.65. The minimum absolute atomic E-state index is 0.346. The lowest BCUT2D eigenvalue weighted by molar-refractivity contribution is 0.0954. The molecule has 0 aliphatic carbocycles. The van der Waals surface area contributed by atoms with Gasteiger partial charge in [0.2, 0.25) is 0 Å². The quantitative estimate of drug-likeness (QED) is 0.305. The third-order valence-corrected chi connectivity index (χ3v) is 4.22. The van der Waals surface area contributed by atoms with Gasteiger partial charge in [0.1, 0.15) is 11.6 Å². The molecule has 0 atom stereocenters. The molecule has 4 aromatic rings. The summed E-state index contributed by atoms with van der Waals surface area (Å²) in [6, 6.07) is 17.2. The molecule has 6 heteroatoms. The number of hydrogen-bond donors (Lipinski definition) is 3. The van der Waals surface area contributed by atoms with Crippen LogP contribution in [0.2, 0.25) is 0 Å². The predicted molar refractivity (Wildman–Crippen MR) is 97.2 cm³/mol. The van der Waals surface area contributed by atoms with Crippen LogP contribution in [-0.4, -0.2) is 23.0 Å². The van der Waals surface area contributed by atoms with Gasteiger partial charge in [-0.1, -0.05) is 30.3 Å². The number of rotatable bonds is 3. The van der Waals surface area contributed by atoms with E-state index in [2.05, 4.69) is 15.4 Å². The van der Waals surface area contributed by atoms with Gasteiger partial charge >= 0.3 is 0 Å². The number of nitrogens with one attached hydrogen (secondary N) is 2. The summed E-state index contributed by atoms with van der Waals surface area (Å²) in [5.74, 6) is 6.28. The van der Waals surface area contributed by atoms with E-state index >= 15 is 0 Å². The first kappa shape index (κ1) is 15.2. The summed E-state index contributed by atoms with van der Waals surface area (Å²) in [4.78, 5) is 19.7. The molecule has 6 nitrogen and oxygen atoms in total. The van der Waals surface area contributed by atoms with Crippen LogP contribution in [0.3, 0.4) is 0 Å². The Hall–Kier alpha value is -3.38. The molecular formula is C19H16N4O2. The van der Waals surface area contributed by atoms with E-state index in [1.54, 1.807) is 25.3 Å². The molecule has 0 spiro atoms. The van der Waals surface area contributed by atoms with Crippen molar-refractivity contribution in [2.45, 2.75) is 0 Å². The molecular weight excluding hydrogens is 316 g/mol. The van der Waals surface area contributed by atoms with E-state index in [0.29, 0.717) is 11.4 Å². The Morgan fingerprint density at radius 1 is 1.16 bits per heavy atom. The molecule has 0 aliphatic heterocycles. The fraction of sp³-hybridized carbons (Fsp3) is 0.0526. The molecule has 1 amide bonds. The molecule has 0 fully saturated rings. The second-order valence-corrected chi connectivity index (χ2v) is 5.65. The van der Waals surface area contributed by atoms with Crippen LogP contribution >= 0.6 is 0 Å². The number of hydrogen-bond acceptors (Lipinski definition) is 4. The van der Waals surface area contributed by atoms with Gasteiger partial charge in [-0.3, -0.25) is 10.2 Å². The van der Waals surface area contributed by atoms with Gasteiger partial charge in [-0.05, 0) is 35.0 Å². The number of aromatic nitrogens is 2. The molecule has 1 heterocycles. The number of H-pyrrole nitrogens is 1. The van der Waals surface area contributed by atoms with E-state index in [-0.39, 0.29) is 5.91 Å². The van der Waals surface area contributed by atoms with E-state index in [9.17, 15) is 4.79 Å². The van der Waals surface area contributed by atoms with Crippen molar-refractivity contribution in [1.82, 2.24) is 15.4 Å². The highest BCUT2D eigenvalue weighted by molar-refractivity contribution is 6.01. The van der Waals surface area contributed by atoms with Crippen LogP contribution in [0, 0.1) is 0 Å². The zero-order valence-corrected chi connectivity index (χ0v) is 13.5. The fourth-order valence-corrected chi connectivity index (χ4v) is 3.02. The molecule has 0 radical (unpaired) electrons. The molecule has 1 aromatic heterocycles. The maximum Gasteiger partial charge on any atom is 0.265 e. The summed E-state index contributed by atoms with van der Waals surface area (Å²) in [5.41, 5.74) is 5.01. The van der Waals surface area contributed by atoms with E-state index in [1.807, 2.05) is 36.4 Å². The summed E-state index contributed by atoms with van der Waals surface area (Å²) in [6.45, 7) is 0. The Balaban J connectivity index is 1.95. The summed E-state index contributed by atoms with van der Waals surface area (Å²) >= 11 is 0. The van der Waals surface area contributed by atoms with Gasteiger partial charge in [-0.25, -0.2) is 10.8 Å². The zero-order chi connectivity index (χ0) is 17.4. The third kappa shape index (κ3) is 2.49. The number of imidazole rings is 1. The summed E-state index contributed by atoms with van der Waals surface area (Å²) < 4.78 is 5.54. The van der Waals surface area contributed by atoms with Crippen molar-refractivity contribution in [3.8, 4) is 17.1 Å². The van der Waals surface area contributed by atoms with Crippen molar-refractivity contribution in [2.75, 3.05) is 7.11 Å². The lowest BCUT2D eigenvalue weighted by Crippen LogP contribution is -2.29. The monoisotopic (exact) mass is 332 g/mol. The Morgan fingerprint density at radius 3 is 2.80 bits per heavy atom. The Bertz CT molecular complexity index is 1100. The maximum absolute atomic E-state index is 11.7. The Morgan fingerprint density at radius 2 is 2.00 bits per heavy atom. The lowest BCUT2D eigenvalue weighted by atomic mass is 10.0. The molecule has 25 heavy (non-hydrogen) atoms. The van der Waals surface area contributed by atoms with Gasteiger partial charge in [-0.2, -0.15) is 0 Å². The average Bonchev–Trinajstić information content (AvgIpc) is 3.09. The van der Waals surface area contributed by atoms with Crippen molar-refractivity contribution < 1.29 is 9.53 Å². The molecule has 4 rings (SSSR count). The minimum Gasteiger partial charge on any atom is -0.496 e. The number of amides is 1. The van der Waals surface area contributed by atoms with E-state index < -0.39 is 0 Å².